The Morgan fingerprint density at radius 2 is 2.06 bits per heavy atom. The van der Waals surface area contributed by atoms with Gasteiger partial charge in [-0.15, -0.1) is 0 Å². The third kappa shape index (κ3) is 2.63. The molecule has 2 heteroatoms. The zero-order chi connectivity index (χ0) is 12.3. The Morgan fingerprint density at radius 1 is 1.29 bits per heavy atom. The lowest BCUT2D eigenvalue weighted by atomic mass is 9.75. The molecule has 0 radical (unpaired) electrons. The molecule has 1 heterocycles. The van der Waals surface area contributed by atoms with Crippen LogP contribution in [0.25, 0.3) is 0 Å². The van der Waals surface area contributed by atoms with Crippen LogP contribution in [-0.4, -0.2) is 20.2 Å². The summed E-state index contributed by atoms with van der Waals surface area (Å²) in [4.78, 5) is 0. The standard InChI is InChI=1S/C15H23NO/c1-11(2)14-10-16-9-8-12(14)13-6-4-5-7-15(13)17-3/h4-7,11-12,14,16H,8-10H2,1-3H3. The van der Waals surface area contributed by atoms with Gasteiger partial charge in [0, 0.05) is 0 Å². The Hall–Kier alpha value is -1.02. The highest BCUT2D eigenvalue weighted by molar-refractivity contribution is 5.37. The van der Waals surface area contributed by atoms with E-state index in [-0.39, 0.29) is 0 Å². The van der Waals surface area contributed by atoms with Gasteiger partial charge in [0.25, 0.3) is 0 Å². The van der Waals surface area contributed by atoms with Crippen LogP contribution in [0.4, 0.5) is 0 Å². The van der Waals surface area contributed by atoms with Crippen LogP contribution in [0.15, 0.2) is 24.3 Å². The number of rotatable bonds is 3. The first-order valence-corrected chi connectivity index (χ1v) is 6.57. The molecule has 0 bridgehead atoms. The maximum atomic E-state index is 5.51. The number of ether oxygens (including phenoxy) is 1. The zero-order valence-electron chi connectivity index (χ0n) is 11.1. The van der Waals surface area contributed by atoms with E-state index in [9.17, 15) is 0 Å². The minimum absolute atomic E-state index is 0.632. The number of para-hydroxylation sites is 1. The minimum Gasteiger partial charge on any atom is -0.496 e. The molecule has 2 atom stereocenters. The van der Waals surface area contributed by atoms with E-state index in [4.69, 9.17) is 4.74 Å². The predicted octanol–water partition coefficient (Wildman–Crippen LogP) is 3.04. The summed E-state index contributed by atoms with van der Waals surface area (Å²) in [6.45, 7) is 6.88. The van der Waals surface area contributed by atoms with Crippen molar-refractivity contribution in [3.63, 3.8) is 0 Å². The Balaban J connectivity index is 2.29. The van der Waals surface area contributed by atoms with E-state index < -0.39 is 0 Å². The number of benzene rings is 1. The molecule has 2 nitrogen and oxygen atoms in total. The number of hydrogen-bond donors (Lipinski definition) is 1. The average Bonchev–Trinajstić information content (AvgIpc) is 2.38. The van der Waals surface area contributed by atoms with Gasteiger partial charge in [-0.1, -0.05) is 32.0 Å². The SMILES string of the molecule is COc1ccccc1C1CCNCC1C(C)C. The van der Waals surface area contributed by atoms with E-state index in [1.54, 1.807) is 7.11 Å². The molecule has 0 spiro atoms. The summed E-state index contributed by atoms with van der Waals surface area (Å²) in [6, 6.07) is 8.48. The average molecular weight is 233 g/mol. The summed E-state index contributed by atoms with van der Waals surface area (Å²) in [5, 5.41) is 3.51. The molecular formula is C15H23NO. The van der Waals surface area contributed by atoms with Crippen molar-refractivity contribution in [2.45, 2.75) is 26.2 Å². The van der Waals surface area contributed by atoms with E-state index in [0.29, 0.717) is 17.8 Å². The largest absolute Gasteiger partial charge is 0.496 e. The van der Waals surface area contributed by atoms with Crippen LogP contribution in [0.3, 0.4) is 0 Å². The van der Waals surface area contributed by atoms with Crippen molar-refractivity contribution in [3.05, 3.63) is 29.8 Å². The number of hydrogen-bond acceptors (Lipinski definition) is 2. The first-order valence-electron chi connectivity index (χ1n) is 6.57. The molecule has 1 saturated heterocycles. The summed E-state index contributed by atoms with van der Waals surface area (Å²) in [7, 11) is 1.77. The third-order valence-electron chi connectivity index (χ3n) is 3.92. The maximum absolute atomic E-state index is 5.51. The Labute approximate surface area is 104 Å². The van der Waals surface area contributed by atoms with Gasteiger partial charge >= 0.3 is 0 Å². The van der Waals surface area contributed by atoms with Crippen molar-refractivity contribution in [1.29, 1.82) is 0 Å². The Bertz CT molecular complexity index is 362. The van der Waals surface area contributed by atoms with E-state index in [1.165, 1.54) is 12.0 Å². The van der Waals surface area contributed by atoms with Crippen molar-refractivity contribution < 1.29 is 4.74 Å². The molecule has 0 saturated carbocycles. The van der Waals surface area contributed by atoms with E-state index in [1.807, 2.05) is 6.07 Å². The van der Waals surface area contributed by atoms with Crippen LogP contribution >= 0.6 is 0 Å². The maximum Gasteiger partial charge on any atom is 0.122 e. The molecule has 1 aromatic rings. The van der Waals surface area contributed by atoms with Crippen molar-refractivity contribution in [2.75, 3.05) is 20.2 Å². The molecule has 2 rings (SSSR count). The molecule has 2 unspecified atom stereocenters. The van der Waals surface area contributed by atoms with Crippen LogP contribution in [-0.2, 0) is 0 Å². The lowest BCUT2D eigenvalue weighted by Crippen LogP contribution is -2.38. The molecule has 0 aromatic heterocycles. The Morgan fingerprint density at radius 3 is 2.76 bits per heavy atom. The molecule has 94 valence electrons. The van der Waals surface area contributed by atoms with Gasteiger partial charge in [0.1, 0.15) is 5.75 Å². The van der Waals surface area contributed by atoms with Crippen molar-refractivity contribution in [2.24, 2.45) is 11.8 Å². The molecule has 1 aromatic carbocycles. The quantitative estimate of drug-likeness (QED) is 0.866. The number of nitrogens with one attached hydrogen (secondary N) is 1. The molecule has 1 aliphatic rings. The molecule has 1 N–H and O–H groups in total. The summed E-state index contributed by atoms with van der Waals surface area (Å²) >= 11 is 0. The second kappa shape index (κ2) is 5.54. The van der Waals surface area contributed by atoms with Gasteiger partial charge in [0.15, 0.2) is 0 Å². The van der Waals surface area contributed by atoms with E-state index in [0.717, 1.165) is 18.8 Å². The molecule has 0 amide bonds. The summed E-state index contributed by atoms with van der Waals surface area (Å²) in [6.07, 6.45) is 1.21. The van der Waals surface area contributed by atoms with E-state index in [2.05, 4.69) is 37.4 Å². The minimum atomic E-state index is 0.632. The highest BCUT2D eigenvalue weighted by Gasteiger charge is 2.30. The molecule has 1 fully saturated rings. The molecule has 0 aliphatic carbocycles. The van der Waals surface area contributed by atoms with Crippen molar-refractivity contribution >= 4 is 0 Å². The van der Waals surface area contributed by atoms with Gasteiger partial charge in [0.2, 0.25) is 0 Å². The van der Waals surface area contributed by atoms with Crippen LogP contribution in [0.2, 0.25) is 0 Å². The second-order valence-corrected chi connectivity index (χ2v) is 5.25. The first-order chi connectivity index (χ1) is 8.24. The predicted molar refractivity (Wildman–Crippen MR) is 71.5 cm³/mol. The van der Waals surface area contributed by atoms with Crippen LogP contribution in [0.1, 0.15) is 31.7 Å². The van der Waals surface area contributed by atoms with Crippen LogP contribution in [0.5, 0.6) is 5.75 Å². The molecule has 17 heavy (non-hydrogen) atoms. The number of methoxy groups -OCH3 is 1. The van der Waals surface area contributed by atoms with Crippen LogP contribution < -0.4 is 10.1 Å². The second-order valence-electron chi connectivity index (χ2n) is 5.25. The van der Waals surface area contributed by atoms with Gasteiger partial charge in [0.05, 0.1) is 7.11 Å². The summed E-state index contributed by atoms with van der Waals surface area (Å²) in [5.41, 5.74) is 1.38. The number of piperidine rings is 1. The normalized spacial score (nSPS) is 24.9. The zero-order valence-corrected chi connectivity index (χ0v) is 11.1. The highest BCUT2D eigenvalue weighted by atomic mass is 16.5. The fourth-order valence-corrected chi connectivity index (χ4v) is 2.94. The molecular weight excluding hydrogens is 210 g/mol. The fraction of sp³-hybridized carbons (Fsp3) is 0.600. The van der Waals surface area contributed by atoms with Gasteiger partial charge in [-0.25, -0.2) is 0 Å². The third-order valence-corrected chi connectivity index (χ3v) is 3.92. The van der Waals surface area contributed by atoms with Gasteiger partial charge in [-0.05, 0) is 48.9 Å². The van der Waals surface area contributed by atoms with Gasteiger partial charge < -0.3 is 10.1 Å². The smallest absolute Gasteiger partial charge is 0.122 e. The first kappa shape index (κ1) is 12.4. The Kier molecular flexibility index (Phi) is 4.06. The topological polar surface area (TPSA) is 21.3 Å². The van der Waals surface area contributed by atoms with E-state index >= 15 is 0 Å². The highest BCUT2D eigenvalue weighted by Crippen LogP contribution is 2.38. The lowest BCUT2D eigenvalue weighted by Gasteiger charge is -2.35. The lowest BCUT2D eigenvalue weighted by molar-refractivity contribution is 0.250. The monoisotopic (exact) mass is 233 g/mol. The summed E-state index contributed by atoms with van der Waals surface area (Å²) in [5.74, 6) is 3.09. The summed E-state index contributed by atoms with van der Waals surface area (Å²) < 4.78 is 5.51. The fourth-order valence-electron chi connectivity index (χ4n) is 2.94. The van der Waals surface area contributed by atoms with Crippen molar-refractivity contribution in [1.82, 2.24) is 5.32 Å². The molecule has 1 aliphatic heterocycles. The van der Waals surface area contributed by atoms with Gasteiger partial charge in [-0.2, -0.15) is 0 Å². The van der Waals surface area contributed by atoms with Crippen LogP contribution in [0, 0.1) is 11.8 Å². The van der Waals surface area contributed by atoms with Crippen molar-refractivity contribution in [3.8, 4) is 5.75 Å². The van der Waals surface area contributed by atoms with Gasteiger partial charge in [-0.3, -0.25) is 0 Å².